The molecule has 39 heavy (non-hydrogen) atoms. The first-order valence-corrected chi connectivity index (χ1v) is 17.7. The van der Waals surface area contributed by atoms with Crippen LogP contribution in [-0.2, 0) is 18.6 Å². The molecule has 2 aliphatic heterocycles. The van der Waals surface area contributed by atoms with Crippen LogP contribution in [0.4, 0.5) is 4.79 Å². The van der Waals surface area contributed by atoms with E-state index in [-0.39, 0.29) is 42.0 Å². The van der Waals surface area contributed by atoms with Gasteiger partial charge < -0.3 is 29.1 Å². The molecule has 0 aliphatic carbocycles. The van der Waals surface area contributed by atoms with Crippen molar-refractivity contribution in [2.75, 3.05) is 13.7 Å². The van der Waals surface area contributed by atoms with Gasteiger partial charge in [0.05, 0.1) is 36.1 Å². The van der Waals surface area contributed by atoms with Crippen molar-refractivity contribution in [3.05, 3.63) is 23.8 Å². The van der Waals surface area contributed by atoms with E-state index in [1.807, 2.05) is 0 Å². The van der Waals surface area contributed by atoms with Crippen molar-refractivity contribution in [3.63, 3.8) is 0 Å². The van der Waals surface area contributed by atoms with E-state index in [0.717, 1.165) is 37.4 Å². The lowest BCUT2D eigenvalue weighted by molar-refractivity contribution is -0.0571. The van der Waals surface area contributed by atoms with Gasteiger partial charge in [-0.1, -0.05) is 59.8 Å². The largest absolute Gasteiger partial charge is 0.465 e. The molecule has 7 nitrogen and oxygen atoms in total. The number of nitrogens with one attached hydrogen (secondary N) is 1. The topological polar surface area (TPSA) is 89.5 Å². The maximum Gasteiger partial charge on any atom is 0.404 e. The predicted molar refractivity (Wildman–Crippen MR) is 161 cm³/mol. The van der Waals surface area contributed by atoms with Crippen LogP contribution in [0.5, 0.6) is 0 Å². The molecular formula is C31H57NO6Si. The molecule has 2 aliphatic rings. The van der Waals surface area contributed by atoms with Gasteiger partial charge in [-0.3, -0.25) is 0 Å². The molecular weight excluding hydrogens is 510 g/mol. The van der Waals surface area contributed by atoms with Crippen molar-refractivity contribution in [1.82, 2.24) is 5.32 Å². The van der Waals surface area contributed by atoms with Gasteiger partial charge in [-0.25, -0.2) is 4.79 Å². The molecule has 2 fully saturated rings. The first kappa shape index (κ1) is 34.0. The van der Waals surface area contributed by atoms with Crippen molar-refractivity contribution in [2.45, 2.75) is 136 Å². The van der Waals surface area contributed by atoms with Gasteiger partial charge in [-0.15, -0.1) is 0 Å². The predicted octanol–water partition coefficient (Wildman–Crippen LogP) is 7.19. The lowest BCUT2D eigenvalue weighted by atomic mass is 9.85. The molecule has 226 valence electrons. The summed E-state index contributed by atoms with van der Waals surface area (Å²) in [4.78, 5) is 10.8. The molecule has 9 atom stereocenters. The fourth-order valence-corrected chi connectivity index (χ4v) is 9.59. The summed E-state index contributed by atoms with van der Waals surface area (Å²) in [6, 6.07) is 3.41. The Labute approximate surface area is 239 Å². The number of hydrogen-bond acceptors (Lipinski definition) is 5. The molecule has 2 heterocycles. The first-order valence-electron chi connectivity index (χ1n) is 15.2. The molecule has 2 rings (SSSR count). The second-order valence-corrected chi connectivity index (χ2v) is 17.1. The van der Waals surface area contributed by atoms with E-state index in [1.165, 1.54) is 5.57 Å². The standard InChI is InChI=1S/C31H57NO6Si/c1-11-39(12-2,13-3)38-25(8)28(35-10)24(7)29-31(9,37-29)19-21(4)15-14-16-22(5)27-23(6)17-18-26(36-27)20-32-30(33)34/h14-16,21,23-29,32H,11-13,17-20H2,1-10H3,(H,33,34)/b15-14+,22-16+/t21?,23-,24+,25+,26+,27+,28+,29+,31+/m0/s1. The average Bonchev–Trinajstić information content (AvgIpc) is 3.57. The van der Waals surface area contributed by atoms with E-state index < -0.39 is 14.4 Å². The molecule has 1 amide bonds. The summed E-state index contributed by atoms with van der Waals surface area (Å²) in [5.74, 6) is 1.02. The number of hydrogen-bond donors (Lipinski definition) is 2. The Bertz CT molecular complexity index is 822. The van der Waals surface area contributed by atoms with Crippen LogP contribution in [0.25, 0.3) is 0 Å². The van der Waals surface area contributed by atoms with E-state index in [9.17, 15) is 4.79 Å². The summed E-state index contributed by atoms with van der Waals surface area (Å²) >= 11 is 0. The highest BCUT2D eigenvalue weighted by molar-refractivity contribution is 6.73. The number of amides is 1. The van der Waals surface area contributed by atoms with Crippen molar-refractivity contribution in [3.8, 4) is 0 Å². The minimum absolute atomic E-state index is 0.0109. The Kier molecular flexibility index (Phi) is 13.2. The molecule has 0 radical (unpaired) electrons. The Hall–Kier alpha value is -1.19. The van der Waals surface area contributed by atoms with E-state index >= 15 is 0 Å². The number of methoxy groups -OCH3 is 1. The number of ether oxygens (including phenoxy) is 3. The summed E-state index contributed by atoms with van der Waals surface area (Å²) < 4.78 is 25.3. The van der Waals surface area contributed by atoms with Crippen LogP contribution in [0.3, 0.4) is 0 Å². The third kappa shape index (κ3) is 9.42. The zero-order valence-corrected chi connectivity index (χ0v) is 27.3. The van der Waals surface area contributed by atoms with Crippen LogP contribution in [0.15, 0.2) is 23.8 Å². The van der Waals surface area contributed by atoms with Gasteiger partial charge >= 0.3 is 6.09 Å². The lowest BCUT2D eigenvalue weighted by Crippen LogP contribution is -2.46. The van der Waals surface area contributed by atoms with Gasteiger partial charge in [-0.05, 0) is 75.6 Å². The molecule has 0 bridgehead atoms. The zero-order valence-electron chi connectivity index (χ0n) is 26.3. The van der Waals surface area contributed by atoms with Crippen LogP contribution in [0, 0.1) is 17.8 Å². The van der Waals surface area contributed by atoms with E-state index in [0.29, 0.717) is 18.4 Å². The maximum absolute atomic E-state index is 10.8. The quantitative estimate of drug-likeness (QED) is 0.117. The Morgan fingerprint density at radius 1 is 1.18 bits per heavy atom. The highest BCUT2D eigenvalue weighted by Gasteiger charge is 2.57. The highest BCUT2D eigenvalue weighted by atomic mass is 28.4. The van der Waals surface area contributed by atoms with E-state index in [2.05, 4.69) is 85.9 Å². The second-order valence-electron chi connectivity index (χ2n) is 12.4. The van der Waals surface area contributed by atoms with Crippen molar-refractivity contribution in [2.24, 2.45) is 17.8 Å². The van der Waals surface area contributed by atoms with Gasteiger partial charge in [0.25, 0.3) is 0 Å². The summed E-state index contributed by atoms with van der Waals surface area (Å²) in [6.45, 7) is 20.3. The van der Waals surface area contributed by atoms with Gasteiger partial charge in [0.1, 0.15) is 0 Å². The third-order valence-electron chi connectivity index (χ3n) is 9.30. The molecule has 1 unspecified atom stereocenters. The fraction of sp³-hybridized carbons (Fsp3) is 0.839. The molecule has 2 saturated heterocycles. The Morgan fingerprint density at radius 3 is 2.38 bits per heavy atom. The second kappa shape index (κ2) is 15.2. The van der Waals surface area contributed by atoms with Crippen LogP contribution in [0.2, 0.25) is 18.1 Å². The number of carboxylic acid groups (broad SMARTS) is 1. The van der Waals surface area contributed by atoms with Gasteiger partial charge in [0.2, 0.25) is 0 Å². The lowest BCUT2D eigenvalue weighted by Gasteiger charge is -2.36. The molecule has 2 N–H and O–H groups in total. The maximum atomic E-state index is 10.8. The van der Waals surface area contributed by atoms with E-state index in [4.69, 9.17) is 23.7 Å². The number of epoxide rings is 1. The Balaban J connectivity index is 1.92. The number of allylic oxidation sites excluding steroid dienone is 3. The minimum atomic E-state index is -1.71. The first-order chi connectivity index (χ1) is 18.3. The van der Waals surface area contributed by atoms with Crippen molar-refractivity contribution < 1.29 is 28.5 Å². The van der Waals surface area contributed by atoms with Crippen LogP contribution in [0.1, 0.15) is 81.6 Å². The van der Waals surface area contributed by atoms with Gasteiger partial charge in [-0.2, -0.15) is 0 Å². The summed E-state index contributed by atoms with van der Waals surface area (Å²) in [6.07, 6.45) is 8.55. The molecule has 0 spiro atoms. The van der Waals surface area contributed by atoms with Gasteiger partial charge in [0.15, 0.2) is 8.32 Å². The third-order valence-corrected chi connectivity index (χ3v) is 14.0. The van der Waals surface area contributed by atoms with E-state index in [1.54, 1.807) is 7.11 Å². The zero-order chi connectivity index (χ0) is 29.4. The average molecular weight is 568 g/mol. The van der Waals surface area contributed by atoms with Crippen LogP contribution in [-0.4, -0.2) is 69.3 Å². The molecule has 0 aromatic carbocycles. The van der Waals surface area contributed by atoms with Crippen LogP contribution < -0.4 is 5.32 Å². The van der Waals surface area contributed by atoms with Gasteiger partial charge in [0, 0.05) is 19.6 Å². The number of carbonyl (C=O) groups is 1. The molecule has 0 aromatic rings. The van der Waals surface area contributed by atoms with Crippen molar-refractivity contribution >= 4 is 14.4 Å². The molecule has 0 aromatic heterocycles. The van der Waals surface area contributed by atoms with Crippen LogP contribution >= 0.6 is 0 Å². The highest BCUT2D eigenvalue weighted by Crippen LogP contribution is 2.47. The monoisotopic (exact) mass is 567 g/mol. The number of rotatable bonds is 16. The summed E-state index contributed by atoms with van der Waals surface area (Å²) in [5.41, 5.74) is 1.02. The smallest absolute Gasteiger partial charge is 0.404 e. The summed E-state index contributed by atoms with van der Waals surface area (Å²) in [5, 5.41) is 11.4. The SMILES string of the molecule is CC[Si](CC)(CC)O[C@H](C)[C@H](OC)[C@@H](C)[C@H]1O[C@]1(C)CC(C)/C=C/C=C(\C)[C@H]1O[C@@H](CNC(=O)O)CC[C@@H]1C. The fourth-order valence-electron chi connectivity index (χ4n) is 6.67. The minimum Gasteiger partial charge on any atom is -0.465 e. The normalized spacial score (nSPS) is 31.1. The van der Waals surface area contributed by atoms with Crippen molar-refractivity contribution in [1.29, 1.82) is 0 Å². The molecule has 8 heteroatoms. The summed E-state index contributed by atoms with van der Waals surface area (Å²) in [7, 11) is 0.0943. The Morgan fingerprint density at radius 2 is 1.82 bits per heavy atom. The molecule has 0 saturated carbocycles.